The number of aromatic nitrogens is 2. The summed E-state index contributed by atoms with van der Waals surface area (Å²) in [6, 6.07) is 4.84. The minimum Gasteiger partial charge on any atom is -0.361 e. The van der Waals surface area contributed by atoms with Crippen molar-refractivity contribution in [3.05, 3.63) is 51.9 Å². The van der Waals surface area contributed by atoms with E-state index in [1.54, 1.807) is 11.3 Å². The molecule has 0 aliphatic rings. The van der Waals surface area contributed by atoms with E-state index in [1.165, 1.54) is 17.0 Å². The van der Waals surface area contributed by atoms with Gasteiger partial charge in [-0.1, -0.05) is 0 Å². The number of guanidine groups is 1. The number of aliphatic imine (C=N–C) groups is 1. The number of fused-ring (bicyclic) bond motifs is 1. The molecule has 0 atom stereocenters. The van der Waals surface area contributed by atoms with Crippen molar-refractivity contribution in [2.45, 2.75) is 26.8 Å². The van der Waals surface area contributed by atoms with Crippen molar-refractivity contribution in [1.29, 1.82) is 0 Å². The number of nitrogens with zero attached hydrogens (tertiary/aromatic N) is 2. The van der Waals surface area contributed by atoms with Crippen LogP contribution in [0.1, 0.15) is 23.1 Å². The van der Waals surface area contributed by atoms with Crippen LogP contribution in [-0.2, 0) is 13.0 Å². The smallest absolute Gasteiger partial charge is 0.191 e. The van der Waals surface area contributed by atoms with Crippen LogP contribution in [0.2, 0.25) is 0 Å². The van der Waals surface area contributed by atoms with E-state index < -0.39 is 0 Å². The van der Waals surface area contributed by atoms with Crippen LogP contribution in [0.4, 0.5) is 4.39 Å². The Morgan fingerprint density at radius 2 is 2.24 bits per heavy atom. The quantitative estimate of drug-likeness (QED) is 0.467. The Hall–Kier alpha value is -2.41. The second-order valence-electron chi connectivity index (χ2n) is 5.74. The van der Waals surface area contributed by atoms with E-state index in [9.17, 15) is 4.39 Å². The fourth-order valence-corrected chi connectivity index (χ4v) is 3.35. The van der Waals surface area contributed by atoms with Crippen LogP contribution in [0.15, 0.2) is 34.9 Å². The van der Waals surface area contributed by atoms with Crippen LogP contribution in [0, 0.1) is 12.7 Å². The first-order valence-electron chi connectivity index (χ1n) is 8.34. The molecule has 25 heavy (non-hydrogen) atoms. The van der Waals surface area contributed by atoms with Gasteiger partial charge >= 0.3 is 0 Å². The van der Waals surface area contributed by atoms with Gasteiger partial charge in [0.05, 0.1) is 17.7 Å². The van der Waals surface area contributed by atoms with Crippen molar-refractivity contribution >= 4 is 28.2 Å². The summed E-state index contributed by atoms with van der Waals surface area (Å²) in [7, 11) is 0. The predicted molar refractivity (Wildman–Crippen MR) is 102 cm³/mol. The van der Waals surface area contributed by atoms with Gasteiger partial charge in [0, 0.05) is 35.1 Å². The fraction of sp³-hybridized carbons (Fsp3) is 0.333. The Morgan fingerprint density at radius 3 is 3.00 bits per heavy atom. The molecule has 0 fully saturated rings. The Balaban J connectivity index is 1.60. The highest BCUT2D eigenvalue weighted by Gasteiger charge is 2.06. The molecule has 0 bridgehead atoms. The molecule has 2 heterocycles. The van der Waals surface area contributed by atoms with Crippen molar-refractivity contribution in [1.82, 2.24) is 20.6 Å². The van der Waals surface area contributed by atoms with Gasteiger partial charge in [0.1, 0.15) is 5.82 Å². The lowest BCUT2D eigenvalue weighted by Gasteiger charge is -2.11. The Bertz CT molecular complexity index is 867. The van der Waals surface area contributed by atoms with Crippen molar-refractivity contribution in [2.75, 3.05) is 13.1 Å². The molecule has 5 nitrogen and oxygen atoms in total. The minimum absolute atomic E-state index is 0.223. The molecule has 1 aromatic carbocycles. The minimum atomic E-state index is -0.223. The standard InChI is InChI=1S/C18H22FN5S/c1-3-20-18(23-10-17-12(2)24-11-25-17)21-7-6-13-9-22-16-8-14(19)4-5-15(13)16/h4-5,8-9,11,22H,3,6-7,10H2,1-2H3,(H2,20,21,23). The zero-order chi connectivity index (χ0) is 17.6. The number of benzene rings is 1. The summed E-state index contributed by atoms with van der Waals surface area (Å²) in [4.78, 5) is 13.2. The zero-order valence-corrected chi connectivity index (χ0v) is 15.2. The van der Waals surface area contributed by atoms with E-state index >= 15 is 0 Å². The largest absolute Gasteiger partial charge is 0.361 e. The second-order valence-corrected chi connectivity index (χ2v) is 6.68. The van der Waals surface area contributed by atoms with Crippen molar-refractivity contribution in [3.8, 4) is 0 Å². The monoisotopic (exact) mass is 359 g/mol. The van der Waals surface area contributed by atoms with E-state index in [0.29, 0.717) is 6.54 Å². The van der Waals surface area contributed by atoms with E-state index in [0.717, 1.165) is 47.6 Å². The van der Waals surface area contributed by atoms with Crippen molar-refractivity contribution in [3.63, 3.8) is 0 Å². The molecule has 3 rings (SSSR count). The highest BCUT2D eigenvalue weighted by molar-refractivity contribution is 7.09. The maximum atomic E-state index is 13.3. The third kappa shape index (κ3) is 4.36. The average Bonchev–Trinajstić information content (AvgIpc) is 3.18. The van der Waals surface area contributed by atoms with E-state index in [1.807, 2.05) is 31.6 Å². The highest BCUT2D eigenvalue weighted by atomic mass is 32.1. The molecule has 7 heteroatoms. The number of hydrogen-bond acceptors (Lipinski definition) is 3. The maximum Gasteiger partial charge on any atom is 0.191 e. The first-order valence-corrected chi connectivity index (χ1v) is 9.22. The van der Waals surface area contributed by atoms with Gasteiger partial charge < -0.3 is 15.6 Å². The second kappa shape index (κ2) is 8.11. The molecule has 0 aliphatic carbocycles. The molecule has 0 unspecified atom stereocenters. The summed E-state index contributed by atoms with van der Waals surface area (Å²) in [5, 5.41) is 7.67. The number of hydrogen-bond donors (Lipinski definition) is 3. The lowest BCUT2D eigenvalue weighted by atomic mass is 10.1. The number of nitrogens with one attached hydrogen (secondary N) is 3. The Kier molecular flexibility index (Phi) is 5.65. The number of aromatic amines is 1. The normalized spacial score (nSPS) is 11.9. The van der Waals surface area contributed by atoms with Gasteiger partial charge in [-0.3, -0.25) is 0 Å². The lowest BCUT2D eigenvalue weighted by Crippen LogP contribution is -2.38. The summed E-state index contributed by atoms with van der Waals surface area (Å²) in [5.74, 6) is 0.570. The van der Waals surface area contributed by atoms with Gasteiger partial charge in [-0.05, 0) is 44.0 Å². The molecule has 0 radical (unpaired) electrons. The summed E-state index contributed by atoms with van der Waals surface area (Å²) >= 11 is 1.63. The Labute approximate surface area is 150 Å². The summed E-state index contributed by atoms with van der Waals surface area (Å²) in [6.45, 7) is 6.22. The van der Waals surface area contributed by atoms with Gasteiger partial charge in [-0.25, -0.2) is 14.4 Å². The average molecular weight is 359 g/mol. The third-order valence-corrected chi connectivity index (χ3v) is 4.91. The van der Waals surface area contributed by atoms with Crippen molar-refractivity contribution in [2.24, 2.45) is 4.99 Å². The number of halogens is 1. The number of H-pyrrole nitrogens is 1. The summed E-state index contributed by atoms with van der Waals surface area (Å²) < 4.78 is 13.3. The van der Waals surface area contributed by atoms with Gasteiger partial charge in [0.2, 0.25) is 0 Å². The summed E-state index contributed by atoms with van der Waals surface area (Å²) in [5.41, 5.74) is 4.88. The number of aryl methyl sites for hydroxylation is 1. The molecule has 132 valence electrons. The van der Waals surface area contributed by atoms with Crippen LogP contribution < -0.4 is 10.6 Å². The molecule has 0 amide bonds. The van der Waals surface area contributed by atoms with Crippen LogP contribution >= 0.6 is 11.3 Å². The fourth-order valence-electron chi connectivity index (χ4n) is 2.65. The maximum absolute atomic E-state index is 13.3. The highest BCUT2D eigenvalue weighted by Crippen LogP contribution is 2.19. The Morgan fingerprint density at radius 1 is 1.36 bits per heavy atom. The number of rotatable bonds is 6. The molecule has 3 N–H and O–H groups in total. The lowest BCUT2D eigenvalue weighted by molar-refractivity contribution is 0.629. The van der Waals surface area contributed by atoms with Crippen LogP contribution in [-0.4, -0.2) is 29.0 Å². The molecule has 0 saturated heterocycles. The van der Waals surface area contributed by atoms with Gasteiger partial charge in [-0.2, -0.15) is 0 Å². The van der Waals surface area contributed by atoms with Gasteiger partial charge in [-0.15, -0.1) is 11.3 Å². The molecule has 2 aromatic heterocycles. The predicted octanol–water partition coefficient (Wildman–Crippen LogP) is 3.37. The molecule has 0 aliphatic heterocycles. The molecule has 0 spiro atoms. The van der Waals surface area contributed by atoms with Crippen molar-refractivity contribution < 1.29 is 4.39 Å². The SMILES string of the molecule is CCNC(=NCc1scnc1C)NCCc1c[nH]c2cc(F)ccc12. The number of thiazole rings is 1. The molecular weight excluding hydrogens is 337 g/mol. The van der Waals surface area contributed by atoms with Gasteiger partial charge in [0.15, 0.2) is 5.96 Å². The zero-order valence-electron chi connectivity index (χ0n) is 14.4. The summed E-state index contributed by atoms with van der Waals surface area (Å²) in [6.07, 6.45) is 2.77. The molecule has 0 saturated carbocycles. The van der Waals surface area contributed by atoms with E-state index in [2.05, 4.69) is 25.6 Å². The first kappa shape index (κ1) is 17.4. The molecular formula is C18H22FN5S. The topological polar surface area (TPSA) is 65.1 Å². The third-order valence-electron chi connectivity index (χ3n) is 3.99. The van der Waals surface area contributed by atoms with E-state index in [-0.39, 0.29) is 5.82 Å². The molecule has 3 aromatic rings. The van der Waals surface area contributed by atoms with Crippen LogP contribution in [0.5, 0.6) is 0 Å². The van der Waals surface area contributed by atoms with Crippen LogP contribution in [0.25, 0.3) is 10.9 Å². The first-order chi connectivity index (χ1) is 12.2. The van der Waals surface area contributed by atoms with Crippen LogP contribution in [0.3, 0.4) is 0 Å². The van der Waals surface area contributed by atoms with E-state index in [4.69, 9.17) is 0 Å². The van der Waals surface area contributed by atoms with Gasteiger partial charge in [0.25, 0.3) is 0 Å².